The number of imide groups is 1. The summed E-state index contributed by atoms with van der Waals surface area (Å²) in [6.45, 7) is 3.97. The van der Waals surface area contributed by atoms with Crippen LogP contribution in [-0.4, -0.2) is 18.0 Å². The Hall–Kier alpha value is -1.91. The Balaban J connectivity index is 2.21. The number of nitrogens with zero attached hydrogens (tertiary/aromatic N) is 1. The van der Waals surface area contributed by atoms with Gasteiger partial charge < -0.3 is 5.32 Å². The van der Waals surface area contributed by atoms with Crippen molar-refractivity contribution in [2.24, 2.45) is 5.92 Å². The van der Waals surface area contributed by atoms with Crippen molar-refractivity contribution in [3.05, 3.63) is 30.1 Å². The lowest BCUT2D eigenvalue weighted by Crippen LogP contribution is -2.31. The first kappa shape index (κ1) is 12.5. The first-order valence-corrected chi connectivity index (χ1v) is 5.89. The van der Waals surface area contributed by atoms with Crippen molar-refractivity contribution >= 4 is 17.6 Å². The highest BCUT2D eigenvalue weighted by atomic mass is 19.1. The topological polar surface area (TPSA) is 49.4 Å². The van der Waals surface area contributed by atoms with E-state index < -0.39 is 17.9 Å². The monoisotopic (exact) mass is 250 g/mol. The number of anilines is 1. The summed E-state index contributed by atoms with van der Waals surface area (Å²) in [7, 11) is 0. The molecule has 0 saturated carbocycles. The van der Waals surface area contributed by atoms with Crippen LogP contribution in [0.5, 0.6) is 0 Å². The third-order valence-electron chi connectivity index (χ3n) is 2.81. The zero-order valence-corrected chi connectivity index (χ0v) is 10.3. The molecule has 18 heavy (non-hydrogen) atoms. The molecule has 5 heteroatoms. The van der Waals surface area contributed by atoms with Crippen LogP contribution in [0, 0.1) is 11.7 Å². The normalized spacial score (nSPS) is 19.6. The molecular formula is C13H15FN2O2. The molecule has 4 nitrogen and oxygen atoms in total. The van der Waals surface area contributed by atoms with E-state index in [-0.39, 0.29) is 5.91 Å². The Morgan fingerprint density at radius 2 is 1.89 bits per heavy atom. The standard InChI is InChI=1S/C13H15FN2O2/c1-8(2)7-11-12(17)16(13(18)15-11)10-5-3-9(14)4-6-10/h3-6,8,11H,7H2,1-2H3,(H,15,18). The third kappa shape index (κ3) is 2.34. The lowest BCUT2D eigenvalue weighted by Gasteiger charge is -2.13. The van der Waals surface area contributed by atoms with E-state index in [1.165, 1.54) is 24.3 Å². The maximum absolute atomic E-state index is 12.8. The van der Waals surface area contributed by atoms with Crippen molar-refractivity contribution in [2.75, 3.05) is 4.90 Å². The molecule has 1 heterocycles. The van der Waals surface area contributed by atoms with Gasteiger partial charge in [0.15, 0.2) is 0 Å². The molecular weight excluding hydrogens is 235 g/mol. The van der Waals surface area contributed by atoms with Crippen LogP contribution in [0.25, 0.3) is 0 Å². The summed E-state index contributed by atoms with van der Waals surface area (Å²) < 4.78 is 12.8. The molecule has 0 spiro atoms. The zero-order valence-electron chi connectivity index (χ0n) is 10.3. The molecule has 96 valence electrons. The van der Waals surface area contributed by atoms with Gasteiger partial charge in [-0.15, -0.1) is 0 Å². The minimum absolute atomic E-state index is 0.277. The van der Waals surface area contributed by atoms with Gasteiger partial charge in [-0.25, -0.2) is 14.1 Å². The van der Waals surface area contributed by atoms with Gasteiger partial charge in [0, 0.05) is 0 Å². The maximum atomic E-state index is 12.8. The van der Waals surface area contributed by atoms with Crippen LogP contribution in [0.2, 0.25) is 0 Å². The van der Waals surface area contributed by atoms with E-state index >= 15 is 0 Å². The van der Waals surface area contributed by atoms with Gasteiger partial charge in [0.2, 0.25) is 0 Å². The molecule has 1 aliphatic rings. The Morgan fingerprint density at radius 1 is 1.28 bits per heavy atom. The highest BCUT2D eigenvalue weighted by Gasteiger charge is 2.38. The molecule has 3 amide bonds. The number of hydrogen-bond donors (Lipinski definition) is 1. The molecule has 1 fully saturated rings. The van der Waals surface area contributed by atoms with E-state index in [0.717, 1.165) is 4.90 Å². The van der Waals surface area contributed by atoms with Crippen molar-refractivity contribution < 1.29 is 14.0 Å². The van der Waals surface area contributed by atoms with E-state index in [4.69, 9.17) is 0 Å². The van der Waals surface area contributed by atoms with Crippen LogP contribution in [-0.2, 0) is 4.79 Å². The summed E-state index contributed by atoms with van der Waals surface area (Å²) in [5, 5.41) is 2.64. The summed E-state index contributed by atoms with van der Waals surface area (Å²) in [6.07, 6.45) is 0.599. The maximum Gasteiger partial charge on any atom is 0.329 e. The van der Waals surface area contributed by atoms with Crippen molar-refractivity contribution in [3.8, 4) is 0 Å². The molecule has 1 saturated heterocycles. The van der Waals surface area contributed by atoms with Crippen LogP contribution >= 0.6 is 0 Å². The van der Waals surface area contributed by atoms with E-state index in [1.54, 1.807) is 0 Å². The molecule has 0 aromatic heterocycles. The van der Waals surface area contributed by atoms with Crippen molar-refractivity contribution in [1.29, 1.82) is 0 Å². The fourth-order valence-corrected chi connectivity index (χ4v) is 2.00. The van der Waals surface area contributed by atoms with Gasteiger partial charge in [0.05, 0.1) is 5.69 Å². The molecule has 0 aliphatic carbocycles. The molecule has 2 rings (SSSR count). The molecule has 1 unspecified atom stereocenters. The molecule has 1 aromatic rings. The van der Waals surface area contributed by atoms with E-state index in [0.29, 0.717) is 18.0 Å². The van der Waals surface area contributed by atoms with Gasteiger partial charge in [-0.2, -0.15) is 0 Å². The fourth-order valence-electron chi connectivity index (χ4n) is 2.00. The second kappa shape index (κ2) is 4.76. The number of halogens is 1. The average molecular weight is 250 g/mol. The number of amides is 3. The smallest absolute Gasteiger partial charge is 0.325 e. The van der Waals surface area contributed by atoms with E-state index in [9.17, 15) is 14.0 Å². The number of carbonyl (C=O) groups is 2. The van der Waals surface area contributed by atoms with E-state index in [1.807, 2.05) is 13.8 Å². The molecule has 1 N–H and O–H groups in total. The van der Waals surface area contributed by atoms with Gasteiger partial charge in [-0.3, -0.25) is 4.79 Å². The van der Waals surface area contributed by atoms with Crippen LogP contribution < -0.4 is 10.2 Å². The summed E-state index contributed by atoms with van der Waals surface area (Å²) in [4.78, 5) is 24.9. The Morgan fingerprint density at radius 3 is 2.44 bits per heavy atom. The SMILES string of the molecule is CC(C)CC1NC(=O)N(c2ccc(F)cc2)C1=O. The molecule has 1 atom stereocenters. The number of rotatable bonds is 3. The summed E-state index contributed by atoms with van der Waals surface area (Å²) >= 11 is 0. The van der Waals surface area contributed by atoms with Crippen molar-refractivity contribution in [3.63, 3.8) is 0 Å². The van der Waals surface area contributed by atoms with Crippen molar-refractivity contribution in [1.82, 2.24) is 5.32 Å². The Labute approximate surface area is 105 Å². The first-order valence-electron chi connectivity index (χ1n) is 5.89. The predicted octanol–water partition coefficient (Wildman–Crippen LogP) is 2.30. The summed E-state index contributed by atoms with van der Waals surface area (Å²) in [6, 6.07) is 4.37. The molecule has 0 radical (unpaired) electrons. The van der Waals surface area contributed by atoms with Crippen LogP contribution in [0.15, 0.2) is 24.3 Å². The zero-order chi connectivity index (χ0) is 13.3. The second-order valence-corrected chi connectivity index (χ2v) is 4.78. The van der Waals surface area contributed by atoms with Gasteiger partial charge in [-0.05, 0) is 36.6 Å². The number of urea groups is 1. The lowest BCUT2D eigenvalue weighted by molar-refractivity contribution is -0.118. The largest absolute Gasteiger partial charge is 0.329 e. The highest BCUT2D eigenvalue weighted by Crippen LogP contribution is 2.22. The minimum atomic E-state index is -0.484. The second-order valence-electron chi connectivity index (χ2n) is 4.78. The molecule has 1 aromatic carbocycles. The average Bonchev–Trinajstić information content (AvgIpc) is 2.55. The first-order chi connectivity index (χ1) is 8.49. The van der Waals surface area contributed by atoms with E-state index in [2.05, 4.69) is 5.32 Å². The fraction of sp³-hybridized carbons (Fsp3) is 0.385. The Kier molecular flexibility index (Phi) is 3.32. The quantitative estimate of drug-likeness (QED) is 0.837. The van der Waals surface area contributed by atoms with Crippen molar-refractivity contribution in [2.45, 2.75) is 26.3 Å². The number of benzene rings is 1. The van der Waals surface area contributed by atoms with Gasteiger partial charge in [-0.1, -0.05) is 13.8 Å². The predicted molar refractivity (Wildman–Crippen MR) is 65.7 cm³/mol. The Bertz CT molecular complexity index is 470. The van der Waals surface area contributed by atoms with Crippen LogP contribution in [0.4, 0.5) is 14.9 Å². The molecule has 0 bridgehead atoms. The number of carbonyl (C=O) groups excluding carboxylic acids is 2. The summed E-state index contributed by atoms with van der Waals surface area (Å²) in [5.41, 5.74) is 0.394. The third-order valence-corrected chi connectivity index (χ3v) is 2.81. The van der Waals surface area contributed by atoms with Gasteiger partial charge in [0.1, 0.15) is 11.9 Å². The van der Waals surface area contributed by atoms with Crippen LogP contribution in [0.1, 0.15) is 20.3 Å². The van der Waals surface area contributed by atoms with Gasteiger partial charge in [0.25, 0.3) is 5.91 Å². The summed E-state index contributed by atoms with van der Waals surface area (Å²) in [5.74, 6) is -0.364. The van der Waals surface area contributed by atoms with Crippen LogP contribution in [0.3, 0.4) is 0 Å². The number of hydrogen-bond acceptors (Lipinski definition) is 2. The minimum Gasteiger partial charge on any atom is -0.325 e. The molecule has 1 aliphatic heterocycles. The van der Waals surface area contributed by atoms with Gasteiger partial charge >= 0.3 is 6.03 Å². The lowest BCUT2D eigenvalue weighted by atomic mass is 10.0. The highest BCUT2D eigenvalue weighted by molar-refractivity contribution is 6.21. The number of nitrogens with one attached hydrogen (secondary N) is 1.